The van der Waals surface area contributed by atoms with Gasteiger partial charge in [-0.1, -0.05) is 20.8 Å². The number of carboxylic acid groups (broad SMARTS) is 1. The van der Waals surface area contributed by atoms with Crippen LogP contribution in [0.2, 0.25) is 0 Å². The van der Waals surface area contributed by atoms with E-state index in [1.807, 2.05) is 13.8 Å². The van der Waals surface area contributed by atoms with Crippen LogP contribution in [-0.2, 0) is 0 Å². The monoisotopic (exact) mass is 278 g/mol. The molecule has 0 amide bonds. The molecule has 1 fully saturated rings. The lowest BCUT2D eigenvalue weighted by Crippen LogP contribution is -2.07. The fourth-order valence-corrected chi connectivity index (χ4v) is 1.96. The Labute approximate surface area is 119 Å². The maximum Gasteiger partial charge on any atom is 0.335 e. The highest BCUT2D eigenvalue weighted by molar-refractivity contribution is 5.88. The fraction of sp³-hybridized carbons (Fsp3) is 0.562. The fourth-order valence-electron chi connectivity index (χ4n) is 1.96. The van der Waals surface area contributed by atoms with Crippen LogP contribution in [0.4, 0.5) is 0 Å². The Balaban J connectivity index is 2.06. The van der Waals surface area contributed by atoms with E-state index in [4.69, 9.17) is 14.6 Å². The Kier molecular flexibility index (Phi) is 4.53. The summed E-state index contributed by atoms with van der Waals surface area (Å²) in [7, 11) is 0. The summed E-state index contributed by atoms with van der Waals surface area (Å²) in [6, 6.07) is 4.86. The number of benzene rings is 1. The lowest BCUT2D eigenvalue weighted by Gasteiger charge is -2.12. The van der Waals surface area contributed by atoms with E-state index < -0.39 is 5.97 Å². The van der Waals surface area contributed by atoms with Gasteiger partial charge in [-0.3, -0.25) is 0 Å². The zero-order valence-corrected chi connectivity index (χ0v) is 12.3. The minimum Gasteiger partial charge on any atom is -0.493 e. The molecule has 2 unspecified atom stereocenters. The molecule has 4 nitrogen and oxygen atoms in total. The topological polar surface area (TPSA) is 55.8 Å². The molecule has 0 aromatic heterocycles. The molecule has 2 rings (SSSR count). The summed E-state index contributed by atoms with van der Waals surface area (Å²) in [5.74, 6) is 1.86. The third kappa shape index (κ3) is 4.15. The van der Waals surface area contributed by atoms with Gasteiger partial charge >= 0.3 is 5.97 Å². The lowest BCUT2D eigenvalue weighted by atomic mass is 10.2. The molecule has 0 radical (unpaired) electrons. The quantitative estimate of drug-likeness (QED) is 0.830. The highest BCUT2D eigenvalue weighted by Crippen LogP contribution is 2.38. The Hall–Kier alpha value is -1.71. The molecule has 1 saturated carbocycles. The summed E-state index contributed by atoms with van der Waals surface area (Å²) in [5.41, 5.74) is 0.199. The first-order valence-electron chi connectivity index (χ1n) is 7.09. The number of hydrogen-bond acceptors (Lipinski definition) is 3. The normalized spacial score (nSPS) is 20.8. The SMILES string of the molecule is CC(C)COc1cc(OCC2CC2C)cc(C(=O)O)c1. The molecule has 20 heavy (non-hydrogen) atoms. The van der Waals surface area contributed by atoms with Gasteiger partial charge in [-0.25, -0.2) is 4.79 Å². The van der Waals surface area contributed by atoms with Gasteiger partial charge in [0.1, 0.15) is 11.5 Å². The number of ether oxygens (including phenoxy) is 2. The number of carbonyl (C=O) groups is 1. The second-order valence-corrected chi connectivity index (χ2v) is 5.99. The molecule has 1 aliphatic rings. The van der Waals surface area contributed by atoms with E-state index in [0.29, 0.717) is 42.5 Å². The van der Waals surface area contributed by atoms with Crippen molar-refractivity contribution in [3.05, 3.63) is 23.8 Å². The summed E-state index contributed by atoms with van der Waals surface area (Å²) < 4.78 is 11.3. The predicted molar refractivity (Wildman–Crippen MR) is 76.5 cm³/mol. The first-order valence-corrected chi connectivity index (χ1v) is 7.09. The van der Waals surface area contributed by atoms with Crippen molar-refractivity contribution in [3.8, 4) is 11.5 Å². The molecule has 1 aromatic carbocycles. The summed E-state index contributed by atoms with van der Waals surface area (Å²) in [6.45, 7) is 7.49. The predicted octanol–water partition coefficient (Wildman–Crippen LogP) is 3.45. The van der Waals surface area contributed by atoms with Crippen molar-refractivity contribution in [2.45, 2.75) is 27.2 Å². The summed E-state index contributed by atoms with van der Waals surface area (Å²) >= 11 is 0. The van der Waals surface area contributed by atoms with Gasteiger partial charge in [0.05, 0.1) is 18.8 Å². The maximum atomic E-state index is 11.1. The zero-order valence-electron chi connectivity index (χ0n) is 12.3. The Morgan fingerprint density at radius 1 is 1.30 bits per heavy atom. The minimum atomic E-state index is -0.968. The van der Waals surface area contributed by atoms with Gasteiger partial charge in [0.15, 0.2) is 0 Å². The van der Waals surface area contributed by atoms with Crippen LogP contribution in [0, 0.1) is 17.8 Å². The van der Waals surface area contributed by atoms with Crippen LogP contribution in [0.5, 0.6) is 11.5 Å². The van der Waals surface area contributed by atoms with Crippen molar-refractivity contribution in [2.75, 3.05) is 13.2 Å². The minimum absolute atomic E-state index is 0.199. The van der Waals surface area contributed by atoms with Gasteiger partial charge in [0, 0.05) is 6.07 Å². The average molecular weight is 278 g/mol. The molecular formula is C16H22O4. The molecule has 2 atom stereocenters. The lowest BCUT2D eigenvalue weighted by molar-refractivity contribution is 0.0695. The van der Waals surface area contributed by atoms with Gasteiger partial charge in [-0.2, -0.15) is 0 Å². The van der Waals surface area contributed by atoms with Gasteiger partial charge in [-0.15, -0.1) is 0 Å². The molecule has 0 bridgehead atoms. The van der Waals surface area contributed by atoms with Crippen molar-refractivity contribution >= 4 is 5.97 Å². The van der Waals surface area contributed by atoms with Gasteiger partial charge in [0.25, 0.3) is 0 Å². The second kappa shape index (κ2) is 6.16. The zero-order chi connectivity index (χ0) is 14.7. The molecule has 0 saturated heterocycles. The Bertz CT molecular complexity index is 481. The van der Waals surface area contributed by atoms with E-state index in [2.05, 4.69) is 6.92 Å². The summed E-state index contributed by atoms with van der Waals surface area (Å²) in [4.78, 5) is 11.1. The standard InChI is InChI=1S/C16H22O4/c1-10(2)8-19-14-5-12(16(17)18)6-15(7-14)20-9-13-4-11(13)3/h5-7,10-11,13H,4,8-9H2,1-3H3,(H,17,18). The van der Waals surface area contributed by atoms with Crippen molar-refractivity contribution in [2.24, 2.45) is 17.8 Å². The molecule has 0 heterocycles. The molecule has 110 valence electrons. The Morgan fingerprint density at radius 3 is 2.40 bits per heavy atom. The molecule has 0 spiro atoms. The largest absolute Gasteiger partial charge is 0.493 e. The van der Waals surface area contributed by atoms with E-state index in [0.717, 1.165) is 0 Å². The average Bonchev–Trinajstić information content (AvgIpc) is 3.10. The summed E-state index contributed by atoms with van der Waals surface area (Å²) in [5, 5.41) is 9.13. The molecular weight excluding hydrogens is 256 g/mol. The highest BCUT2D eigenvalue weighted by Gasteiger charge is 2.33. The van der Waals surface area contributed by atoms with Gasteiger partial charge < -0.3 is 14.6 Å². The number of rotatable bonds is 7. The molecule has 0 aliphatic heterocycles. The van der Waals surface area contributed by atoms with Crippen LogP contribution in [0.1, 0.15) is 37.6 Å². The molecule has 1 N–H and O–H groups in total. The first kappa shape index (κ1) is 14.7. The van der Waals surface area contributed by atoms with Crippen molar-refractivity contribution < 1.29 is 19.4 Å². The van der Waals surface area contributed by atoms with Crippen molar-refractivity contribution in [3.63, 3.8) is 0 Å². The number of carboxylic acids is 1. The van der Waals surface area contributed by atoms with Crippen LogP contribution < -0.4 is 9.47 Å². The van der Waals surface area contributed by atoms with Gasteiger partial charge in [0.2, 0.25) is 0 Å². The third-order valence-electron chi connectivity index (χ3n) is 3.45. The summed E-state index contributed by atoms with van der Waals surface area (Å²) in [6.07, 6.45) is 1.19. The Morgan fingerprint density at radius 2 is 1.90 bits per heavy atom. The van der Waals surface area contributed by atoms with E-state index in [1.165, 1.54) is 12.5 Å². The van der Waals surface area contributed by atoms with Crippen molar-refractivity contribution in [1.82, 2.24) is 0 Å². The number of hydrogen-bond donors (Lipinski definition) is 1. The third-order valence-corrected chi connectivity index (χ3v) is 3.45. The van der Waals surface area contributed by atoms with Crippen molar-refractivity contribution in [1.29, 1.82) is 0 Å². The van der Waals surface area contributed by atoms with Crippen LogP contribution in [0.25, 0.3) is 0 Å². The molecule has 1 aliphatic carbocycles. The molecule has 4 heteroatoms. The van der Waals surface area contributed by atoms with E-state index >= 15 is 0 Å². The van der Waals surface area contributed by atoms with E-state index in [1.54, 1.807) is 12.1 Å². The van der Waals surface area contributed by atoms with Gasteiger partial charge in [-0.05, 0) is 36.3 Å². The maximum absolute atomic E-state index is 11.1. The van der Waals surface area contributed by atoms with Crippen LogP contribution in [0.3, 0.4) is 0 Å². The second-order valence-electron chi connectivity index (χ2n) is 5.99. The number of aromatic carboxylic acids is 1. The van der Waals surface area contributed by atoms with E-state index in [-0.39, 0.29) is 5.56 Å². The van der Waals surface area contributed by atoms with E-state index in [9.17, 15) is 4.79 Å². The van der Waals surface area contributed by atoms with Crippen LogP contribution in [-0.4, -0.2) is 24.3 Å². The smallest absolute Gasteiger partial charge is 0.335 e. The van der Waals surface area contributed by atoms with Crippen LogP contribution in [0.15, 0.2) is 18.2 Å². The molecule has 1 aromatic rings. The first-order chi connectivity index (χ1) is 9.45. The highest BCUT2D eigenvalue weighted by atomic mass is 16.5. The van der Waals surface area contributed by atoms with Crippen LogP contribution >= 0.6 is 0 Å².